The zero-order valence-corrected chi connectivity index (χ0v) is 19.5. The number of benzene rings is 2. The molecule has 1 aromatic heterocycles. The van der Waals surface area contributed by atoms with E-state index in [0.717, 1.165) is 22.3 Å². The summed E-state index contributed by atoms with van der Waals surface area (Å²) < 4.78 is 7.11. The first-order valence-corrected chi connectivity index (χ1v) is 11.6. The lowest BCUT2D eigenvalue weighted by atomic mass is 9.98. The Kier molecular flexibility index (Phi) is 5.76. The molecule has 2 heterocycles. The molecule has 2 amide bonds. The molecule has 0 bridgehead atoms. The van der Waals surface area contributed by atoms with Crippen molar-refractivity contribution in [3.8, 4) is 11.1 Å². The van der Waals surface area contributed by atoms with Crippen molar-refractivity contribution in [2.45, 2.75) is 32.4 Å². The number of hydrogen-bond donors (Lipinski definition) is 2. The zero-order chi connectivity index (χ0) is 24.7. The molecule has 0 fully saturated rings. The van der Waals surface area contributed by atoms with Crippen LogP contribution in [0.1, 0.15) is 41.3 Å². The monoisotopic (exact) mass is 474 g/mol. The highest BCUT2D eigenvalue weighted by Crippen LogP contribution is 2.44. The Hall–Kier alpha value is -4.14. The Morgan fingerprint density at radius 2 is 1.69 bits per heavy atom. The Bertz CT molecular complexity index is 1270. The molecule has 35 heavy (non-hydrogen) atoms. The number of carboxylic acids is 1. The molecule has 2 N–H and O–H groups in total. The molecule has 2 aliphatic rings. The van der Waals surface area contributed by atoms with Crippen molar-refractivity contribution in [3.63, 3.8) is 0 Å². The molecule has 0 radical (unpaired) electrons. The second kappa shape index (κ2) is 8.90. The number of aromatic nitrogens is 2. The second-order valence-corrected chi connectivity index (χ2v) is 9.09. The lowest BCUT2D eigenvalue weighted by Crippen LogP contribution is -2.51. The van der Waals surface area contributed by atoms with Crippen LogP contribution in [0.15, 0.2) is 54.7 Å². The quantitative estimate of drug-likeness (QED) is 0.565. The first-order valence-electron chi connectivity index (χ1n) is 11.6. The molecule has 5 rings (SSSR count). The fourth-order valence-electron chi connectivity index (χ4n) is 4.94. The van der Waals surface area contributed by atoms with E-state index in [1.165, 1.54) is 15.8 Å². The fourth-order valence-corrected chi connectivity index (χ4v) is 4.94. The summed E-state index contributed by atoms with van der Waals surface area (Å²) in [5, 5.41) is 16.2. The average Bonchev–Trinajstić information content (AvgIpc) is 3.53. The highest BCUT2D eigenvalue weighted by molar-refractivity contribution is 6.04. The van der Waals surface area contributed by atoms with Crippen molar-refractivity contribution in [2.75, 3.05) is 18.1 Å². The van der Waals surface area contributed by atoms with Crippen LogP contribution in [-0.2, 0) is 16.1 Å². The number of nitrogens with one attached hydrogen (secondary N) is 1. The van der Waals surface area contributed by atoms with Crippen LogP contribution in [0.5, 0.6) is 0 Å². The summed E-state index contributed by atoms with van der Waals surface area (Å²) in [5.74, 6) is -1.64. The first-order chi connectivity index (χ1) is 16.9. The molecule has 1 aliphatic carbocycles. The van der Waals surface area contributed by atoms with Gasteiger partial charge in [0.2, 0.25) is 0 Å². The number of carboxylic acid groups (broad SMARTS) is 1. The fraction of sp³-hybridized carbons (Fsp3) is 0.308. The minimum absolute atomic E-state index is 0.0421. The van der Waals surface area contributed by atoms with Crippen LogP contribution < -0.4 is 10.2 Å². The number of anilines is 1. The number of carbonyl (C=O) groups is 3. The van der Waals surface area contributed by atoms with Gasteiger partial charge in [0, 0.05) is 12.5 Å². The van der Waals surface area contributed by atoms with Gasteiger partial charge >= 0.3 is 12.1 Å². The van der Waals surface area contributed by atoms with Crippen molar-refractivity contribution in [3.05, 3.63) is 71.4 Å². The summed E-state index contributed by atoms with van der Waals surface area (Å²) in [6.07, 6.45) is 0.547. The van der Waals surface area contributed by atoms with Gasteiger partial charge in [0.05, 0.1) is 12.7 Å². The van der Waals surface area contributed by atoms with Gasteiger partial charge < -0.3 is 15.2 Å². The number of aromatic carboxylic acids is 1. The van der Waals surface area contributed by atoms with Gasteiger partial charge in [-0.25, -0.2) is 14.3 Å². The van der Waals surface area contributed by atoms with Crippen LogP contribution in [-0.4, -0.2) is 52.1 Å². The third-order valence-corrected chi connectivity index (χ3v) is 6.65. The van der Waals surface area contributed by atoms with E-state index in [4.69, 9.17) is 4.74 Å². The summed E-state index contributed by atoms with van der Waals surface area (Å²) in [6, 6.07) is 15.2. The van der Waals surface area contributed by atoms with Gasteiger partial charge in [-0.3, -0.25) is 9.69 Å². The van der Waals surface area contributed by atoms with Gasteiger partial charge in [0.1, 0.15) is 24.0 Å². The van der Waals surface area contributed by atoms with Crippen LogP contribution in [0.4, 0.5) is 10.6 Å². The smallest absolute Gasteiger partial charge is 0.407 e. The number of fused-ring (bicyclic) bond motifs is 4. The number of amides is 2. The van der Waals surface area contributed by atoms with E-state index < -0.39 is 24.0 Å². The Morgan fingerprint density at radius 3 is 2.29 bits per heavy atom. The van der Waals surface area contributed by atoms with Gasteiger partial charge in [0.25, 0.3) is 5.91 Å². The molecule has 2 aromatic carbocycles. The molecule has 180 valence electrons. The van der Waals surface area contributed by atoms with Crippen LogP contribution >= 0.6 is 0 Å². The Balaban J connectivity index is 1.30. The number of hydrogen-bond acceptors (Lipinski definition) is 5. The normalized spacial score (nSPS) is 14.9. The standard InChI is InChI=1S/C26H26N4O5/c1-15(2)22(24(31)29-11-12-30-23(29)20(13-27-30)25(32)33)28-26(34)35-14-21-18-9-5-3-7-16(18)17-8-4-6-10-19(17)21/h3-10,13,15,21-22H,11-12,14H2,1-2H3,(H,28,34)(H,32,33)/t22-/m0/s1. The second-order valence-electron chi connectivity index (χ2n) is 9.09. The average molecular weight is 475 g/mol. The summed E-state index contributed by atoms with van der Waals surface area (Å²) in [5.41, 5.74) is 4.42. The minimum Gasteiger partial charge on any atom is -0.477 e. The van der Waals surface area contributed by atoms with Gasteiger partial charge in [-0.1, -0.05) is 62.4 Å². The summed E-state index contributed by atoms with van der Waals surface area (Å²) in [4.78, 5) is 39.1. The maximum atomic E-state index is 13.4. The molecule has 0 unspecified atom stereocenters. The number of nitrogens with zero attached hydrogens (tertiary/aromatic N) is 3. The van der Waals surface area contributed by atoms with Gasteiger partial charge in [0.15, 0.2) is 0 Å². The largest absolute Gasteiger partial charge is 0.477 e. The topological polar surface area (TPSA) is 114 Å². The maximum Gasteiger partial charge on any atom is 0.407 e. The number of ether oxygens (including phenoxy) is 1. The third kappa shape index (κ3) is 3.92. The number of carbonyl (C=O) groups excluding carboxylic acids is 2. The highest BCUT2D eigenvalue weighted by Gasteiger charge is 2.37. The van der Waals surface area contributed by atoms with E-state index in [9.17, 15) is 19.5 Å². The van der Waals surface area contributed by atoms with E-state index in [2.05, 4.69) is 22.5 Å². The van der Waals surface area contributed by atoms with E-state index in [0.29, 0.717) is 6.54 Å². The van der Waals surface area contributed by atoms with E-state index >= 15 is 0 Å². The molecule has 9 nitrogen and oxygen atoms in total. The van der Waals surface area contributed by atoms with Crippen molar-refractivity contribution >= 4 is 23.8 Å². The first kappa shape index (κ1) is 22.6. The lowest BCUT2D eigenvalue weighted by molar-refractivity contribution is -0.121. The predicted molar refractivity (Wildman–Crippen MR) is 128 cm³/mol. The summed E-state index contributed by atoms with van der Waals surface area (Å²) in [6.45, 7) is 4.45. The Labute approximate surface area is 202 Å². The third-order valence-electron chi connectivity index (χ3n) is 6.65. The van der Waals surface area contributed by atoms with E-state index in [1.807, 2.05) is 50.2 Å². The molecule has 3 aromatic rings. The number of rotatable bonds is 6. The molecule has 9 heteroatoms. The molecule has 1 aliphatic heterocycles. The summed E-state index contributed by atoms with van der Waals surface area (Å²) >= 11 is 0. The highest BCUT2D eigenvalue weighted by atomic mass is 16.5. The van der Waals surface area contributed by atoms with Gasteiger partial charge in [-0.05, 0) is 28.2 Å². The predicted octanol–water partition coefficient (Wildman–Crippen LogP) is 3.49. The maximum absolute atomic E-state index is 13.4. The van der Waals surface area contributed by atoms with Crippen LogP contribution in [0, 0.1) is 5.92 Å². The van der Waals surface area contributed by atoms with Crippen molar-refractivity contribution < 1.29 is 24.2 Å². The van der Waals surface area contributed by atoms with E-state index in [-0.39, 0.29) is 36.4 Å². The van der Waals surface area contributed by atoms with Crippen LogP contribution in [0.25, 0.3) is 11.1 Å². The van der Waals surface area contributed by atoms with Crippen LogP contribution in [0.3, 0.4) is 0 Å². The van der Waals surface area contributed by atoms with Crippen molar-refractivity contribution in [2.24, 2.45) is 5.92 Å². The molecular weight excluding hydrogens is 448 g/mol. The molecule has 0 spiro atoms. The molecule has 0 saturated carbocycles. The minimum atomic E-state index is -1.16. The SMILES string of the molecule is CC(C)[C@H](NC(=O)OCC1c2ccccc2-c2ccccc21)C(=O)N1CCn2ncc(C(=O)O)c21. The lowest BCUT2D eigenvalue weighted by Gasteiger charge is -2.26. The van der Waals surface area contributed by atoms with Crippen LogP contribution in [0.2, 0.25) is 0 Å². The van der Waals surface area contributed by atoms with E-state index in [1.54, 1.807) is 0 Å². The number of alkyl carbamates (subject to hydrolysis) is 1. The molecule has 0 saturated heterocycles. The zero-order valence-electron chi connectivity index (χ0n) is 19.5. The molecular formula is C26H26N4O5. The summed E-state index contributed by atoms with van der Waals surface area (Å²) in [7, 11) is 0. The van der Waals surface area contributed by atoms with Gasteiger partial charge in [-0.15, -0.1) is 0 Å². The Morgan fingerprint density at radius 1 is 1.06 bits per heavy atom. The van der Waals surface area contributed by atoms with Crippen molar-refractivity contribution in [1.82, 2.24) is 15.1 Å². The van der Waals surface area contributed by atoms with Gasteiger partial charge in [-0.2, -0.15) is 5.10 Å². The molecule has 1 atom stereocenters. The van der Waals surface area contributed by atoms with Crippen molar-refractivity contribution in [1.29, 1.82) is 0 Å².